The molecule has 1 aliphatic heterocycles. The molecule has 1 aromatic carbocycles. The summed E-state index contributed by atoms with van der Waals surface area (Å²) in [6.45, 7) is -0.0997. The van der Waals surface area contributed by atoms with Gasteiger partial charge in [-0.25, -0.2) is 4.79 Å². The van der Waals surface area contributed by atoms with Crippen LogP contribution in [-0.2, 0) is 20.6 Å². The lowest BCUT2D eigenvalue weighted by atomic mass is 10.1. The molecule has 10 heteroatoms. The van der Waals surface area contributed by atoms with Gasteiger partial charge in [0.05, 0.1) is 6.54 Å². The Kier molecular flexibility index (Phi) is 3.62. The predicted molar refractivity (Wildman–Crippen MR) is 92.1 cm³/mol. The van der Waals surface area contributed by atoms with E-state index in [-0.39, 0.29) is 35.6 Å². The van der Waals surface area contributed by atoms with E-state index < -0.39 is 11.2 Å². The molecular weight excluding hydrogens is 364 g/mol. The molecule has 3 aromatic rings. The van der Waals surface area contributed by atoms with Gasteiger partial charge in [-0.3, -0.25) is 18.7 Å². The summed E-state index contributed by atoms with van der Waals surface area (Å²) in [6.07, 6.45) is 0. The molecule has 1 aliphatic rings. The van der Waals surface area contributed by atoms with Crippen molar-refractivity contribution in [1.29, 1.82) is 0 Å². The molecule has 3 heterocycles. The van der Waals surface area contributed by atoms with E-state index in [1.54, 1.807) is 18.2 Å². The zero-order valence-electron chi connectivity index (χ0n) is 13.9. The van der Waals surface area contributed by atoms with Crippen molar-refractivity contribution in [3.8, 4) is 11.5 Å². The van der Waals surface area contributed by atoms with Gasteiger partial charge in [0.2, 0.25) is 12.1 Å². The maximum atomic E-state index is 12.7. The third-order valence-electron chi connectivity index (χ3n) is 4.30. The van der Waals surface area contributed by atoms with Gasteiger partial charge >= 0.3 is 5.69 Å². The number of Topliss-reactive ketones (excluding diaryl/α,β-unsaturated/α-hetero) is 1. The first-order valence-electron chi connectivity index (χ1n) is 7.63. The molecule has 134 valence electrons. The number of ketones is 1. The van der Waals surface area contributed by atoms with Crippen molar-refractivity contribution in [3.05, 3.63) is 49.9 Å². The zero-order chi connectivity index (χ0) is 18.6. The Bertz CT molecular complexity index is 1190. The fraction of sp³-hybridized carbons (Fsp3) is 0.250. The topological polar surface area (TPSA) is 97.3 Å². The molecule has 0 atom stereocenters. The number of fused-ring (bicyclic) bond motifs is 2. The van der Waals surface area contributed by atoms with Crippen LogP contribution in [0, 0.1) is 0 Å². The normalized spacial score (nSPS) is 12.7. The molecule has 0 amide bonds. The summed E-state index contributed by atoms with van der Waals surface area (Å²) in [4.78, 5) is 41.2. The number of imidazole rings is 1. The van der Waals surface area contributed by atoms with Crippen molar-refractivity contribution in [2.45, 2.75) is 6.54 Å². The van der Waals surface area contributed by atoms with Gasteiger partial charge in [0, 0.05) is 19.7 Å². The number of hydrogen-bond donors (Lipinski definition) is 0. The van der Waals surface area contributed by atoms with Gasteiger partial charge in [-0.05, 0) is 29.8 Å². The quantitative estimate of drug-likeness (QED) is 0.493. The number of carbonyl (C=O) groups excluding carboxylic acids is 1. The van der Waals surface area contributed by atoms with Gasteiger partial charge in [0.25, 0.3) is 5.56 Å². The van der Waals surface area contributed by atoms with Gasteiger partial charge in [0.15, 0.2) is 28.4 Å². The van der Waals surface area contributed by atoms with Gasteiger partial charge in [-0.2, -0.15) is 4.98 Å². The third kappa shape index (κ3) is 2.31. The number of rotatable bonds is 3. The van der Waals surface area contributed by atoms with Crippen molar-refractivity contribution in [3.63, 3.8) is 0 Å². The van der Waals surface area contributed by atoms with Crippen molar-refractivity contribution < 1.29 is 14.3 Å². The number of halogens is 1. The summed E-state index contributed by atoms with van der Waals surface area (Å²) in [6, 6.07) is 4.83. The largest absolute Gasteiger partial charge is 0.454 e. The van der Waals surface area contributed by atoms with Crippen LogP contribution in [0.4, 0.5) is 0 Å². The van der Waals surface area contributed by atoms with E-state index in [0.717, 1.165) is 4.57 Å². The summed E-state index contributed by atoms with van der Waals surface area (Å²) >= 11 is 6.13. The van der Waals surface area contributed by atoms with E-state index in [0.29, 0.717) is 17.1 Å². The molecule has 2 aromatic heterocycles. The van der Waals surface area contributed by atoms with Crippen LogP contribution in [0.25, 0.3) is 11.2 Å². The second-order valence-corrected chi connectivity index (χ2v) is 6.17. The number of aryl methyl sites for hydroxylation is 1. The molecule has 0 unspecified atom stereocenters. The standard InChI is InChI=1S/C16H13ClN4O5/c1-19-13-12(14(23)20(2)16(19)24)21(15(17)18-13)6-9(22)8-3-4-10-11(5-8)26-7-25-10/h3-5H,6-7H2,1-2H3. The minimum absolute atomic E-state index is 0.0487. The average molecular weight is 377 g/mol. The number of nitrogens with zero attached hydrogens (tertiary/aromatic N) is 4. The summed E-state index contributed by atoms with van der Waals surface area (Å²) in [7, 11) is 2.84. The van der Waals surface area contributed by atoms with E-state index in [9.17, 15) is 14.4 Å². The highest BCUT2D eigenvalue weighted by Crippen LogP contribution is 2.32. The lowest BCUT2D eigenvalue weighted by Crippen LogP contribution is -2.37. The van der Waals surface area contributed by atoms with Gasteiger partial charge in [-0.1, -0.05) is 0 Å². The van der Waals surface area contributed by atoms with E-state index in [4.69, 9.17) is 21.1 Å². The maximum Gasteiger partial charge on any atom is 0.332 e. The van der Waals surface area contributed by atoms with E-state index in [1.807, 2.05) is 0 Å². The summed E-state index contributed by atoms with van der Waals surface area (Å²) < 4.78 is 13.9. The Morgan fingerprint density at radius 3 is 2.69 bits per heavy atom. The molecule has 26 heavy (non-hydrogen) atoms. The summed E-state index contributed by atoms with van der Waals surface area (Å²) in [5.74, 6) is 0.757. The third-order valence-corrected chi connectivity index (χ3v) is 4.59. The van der Waals surface area contributed by atoms with Crippen LogP contribution < -0.4 is 20.7 Å². The molecular formula is C16H13ClN4O5. The number of aromatic nitrogens is 4. The second-order valence-electron chi connectivity index (χ2n) is 5.84. The first-order valence-corrected chi connectivity index (χ1v) is 8.01. The summed E-state index contributed by atoms with van der Waals surface area (Å²) in [5.41, 5.74) is -0.490. The van der Waals surface area contributed by atoms with Crippen LogP contribution in [0.1, 0.15) is 10.4 Å². The molecule has 4 rings (SSSR count). The molecule has 0 bridgehead atoms. The minimum atomic E-state index is -0.569. The van der Waals surface area contributed by atoms with E-state index in [2.05, 4.69) is 4.98 Å². The molecule has 9 nitrogen and oxygen atoms in total. The Morgan fingerprint density at radius 1 is 1.19 bits per heavy atom. The van der Waals surface area contributed by atoms with Crippen molar-refractivity contribution in [2.24, 2.45) is 14.1 Å². The van der Waals surface area contributed by atoms with Crippen molar-refractivity contribution in [2.75, 3.05) is 6.79 Å². The number of hydrogen-bond acceptors (Lipinski definition) is 6. The highest BCUT2D eigenvalue weighted by Gasteiger charge is 2.21. The van der Waals surface area contributed by atoms with Crippen molar-refractivity contribution >= 4 is 28.5 Å². The first-order chi connectivity index (χ1) is 12.4. The van der Waals surface area contributed by atoms with Gasteiger partial charge in [-0.15, -0.1) is 0 Å². The molecule has 0 aliphatic carbocycles. The number of benzene rings is 1. The molecule has 0 spiro atoms. The fourth-order valence-corrected chi connectivity index (χ4v) is 3.09. The van der Waals surface area contributed by atoms with Crippen LogP contribution in [0.3, 0.4) is 0 Å². The SMILES string of the molecule is Cn1c(=O)c2c(nc(Cl)n2CC(=O)c2ccc3c(c2)OCO3)n(C)c1=O. The number of carbonyl (C=O) groups is 1. The number of ether oxygens (including phenoxy) is 2. The highest BCUT2D eigenvalue weighted by atomic mass is 35.5. The molecule has 0 saturated heterocycles. The minimum Gasteiger partial charge on any atom is -0.454 e. The van der Waals surface area contributed by atoms with Gasteiger partial charge < -0.3 is 14.0 Å². The van der Waals surface area contributed by atoms with Crippen LogP contribution in [-0.4, -0.2) is 31.3 Å². The lowest BCUT2D eigenvalue weighted by molar-refractivity contribution is 0.0973. The Balaban J connectivity index is 1.80. The monoisotopic (exact) mass is 376 g/mol. The van der Waals surface area contributed by atoms with Crippen LogP contribution in [0.15, 0.2) is 27.8 Å². The second kappa shape index (κ2) is 5.73. The maximum absolute atomic E-state index is 12.7. The average Bonchev–Trinajstić information content (AvgIpc) is 3.22. The highest BCUT2D eigenvalue weighted by molar-refractivity contribution is 6.29. The predicted octanol–water partition coefficient (Wildman–Crippen LogP) is 0.699. The summed E-state index contributed by atoms with van der Waals surface area (Å²) in [5, 5.41) is -0.0487. The van der Waals surface area contributed by atoms with Crippen LogP contribution in [0.2, 0.25) is 5.28 Å². The Labute approximate surface area is 151 Å². The Morgan fingerprint density at radius 2 is 1.92 bits per heavy atom. The van der Waals surface area contributed by atoms with Crippen LogP contribution in [0.5, 0.6) is 11.5 Å². The Hall–Kier alpha value is -3.07. The molecule has 0 saturated carbocycles. The van der Waals surface area contributed by atoms with Gasteiger partial charge in [0.1, 0.15) is 0 Å². The first kappa shape index (κ1) is 16.4. The van der Waals surface area contributed by atoms with E-state index >= 15 is 0 Å². The lowest BCUT2D eigenvalue weighted by Gasteiger charge is -2.07. The zero-order valence-corrected chi connectivity index (χ0v) is 14.6. The molecule has 0 fully saturated rings. The fourth-order valence-electron chi connectivity index (χ4n) is 2.87. The van der Waals surface area contributed by atoms with Crippen LogP contribution >= 0.6 is 11.6 Å². The smallest absolute Gasteiger partial charge is 0.332 e. The van der Waals surface area contributed by atoms with Crippen molar-refractivity contribution in [1.82, 2.24) is 18.7 Å². The molecule has 0 radical (unpaired) electrons. The molecule has 0 N–H and O–H groups in total. The van der Waals surface area contributed by atoms with E-state index in [1.165, 1.54) is 23.2 Å².